The molecule has 0 aliphatic carbocycles. The van der Waals surface area contributed by atoms with Gasteiger partial charge in [0.05, 0.1) is 0 Å². The third kappa shape index (κ3) is 2.56. The van der Waals surface area contributed by atoms with Gasteiger partial charge in [0.25, 0.3) is 0 Å². The highest BCUT2D eigenvalue weighted by atomic mass is 16.2. The molecule has 1 aromatic rings. The van der Waals surface area contributed by atoms with Crippen LogP contribution in [0.3, 0.4) is 0 Å². The maximum absolute atomic E-state index is 12.3. The van der Waals surface area contributed by atoms with Crippen LogP contribution in [0.15, 0.2) is 30.3 Å². The average Bonchev–Trinajstić information content (AvgIpc) is 2.70. The molecule has 2 N–H and O–H groups in total. The Morgan fingerprint density at radius 3 is 2.39 bits per heavy atom. The molecule has 0 saturated carbocycles. The predicted molar refractivity (Wildman–Crippen MR) is 73.2 cm³/mol. The minimum absolute atomic E-state index is 0.0405. The van der Waals surface area contributed by atoms with Crippen LogP contribution in [0.2, 0.25) is 0 Å². The van der Waals surface area contributed by atoms with Gasteiger partial charge >= 0.3 is 0 Å². The van der Waals surface area contributed by atoms with E-state index in [4.69, 9.17) is 5.73 Å². The highest BCUT2D eigenvalue weighted by molar-refractivity contribution is 5.82. The summed E-state index contributed by atoms with van der Waals surface area (Å²) in [6.07, 6.45) is 0. The molecule has 2 atom stereocenters. The standard InChI is InChI=1S/C15H22N2O/c1-15(2,3)14(18)17-9-12(13(16)10-17)11-7-5-4-6-8-11/h4-8,12-13H,9-10,16H2,1-3H3/t12-,13+/m0/s1. The minimum atomic E-state index is -0.328. The van der Waals surface area contributed by atoms with Crippen LogP contribution in [0.5, 0.6) is 0 Å². The van der Waals surface area contributed by atoms with Gasteiger partial charge in [-0.15, -0.1) is 0 Å². The highest BCUT2D eigenvalue weighted by Gasteiger charge is 2.37. The van der Waals surface area contributed by atoms with Gasteiger partial charge in [0.15, 0.2) is 0 Å². The van der Waals surface area contributed by atoms with Crippen molar-refractivity contribution in [3.63, 3.8) is 0 Å². The summed E-state index contributed by atoms with van der Waals surface area (Å²) in [5, 5.41) is 0. The van der Waals surface area contributed by atoms with Crippen molar-refractivity contribution in [3.05, 3.63) is 35.9 Å². The third-order valence-corrected chi connectivity index (χ3v) is 3.52. The van der Waals surface area contributed by atoms with Gasteiger partial charge in [-0.2, -0.15) is 0 Å². The van der Waals surface area contributed by atoms with Crippen LogP contribution in [0.25, 0.3) is 0 Å². The maximum atomic E-state index is 12.3. The lowest BCUT2D eigenvalue weighted by Crippen LogP contribution is -2.39. The summed E-state index contributed by atoms with van der Waals surface area (Å²) < 4.78 is 0. The summed E-state index contributed by atoms with van der Waals surface area (Å²) >= 11 is 0. The molecule has 1 aliphatic rings. The Hall–Kier alpha value is -1.35. The zero-order chi connectivity index (χ0) is 13.3. The van der Waals surface area contributed by atoms with E-state index < -0.39 is 0 Å². The number of benzene rings is 1. The molecular weight excluding hydrogens is 224 g/mol. The Morgan fingerprint density at radius 2 is 1.83 bits per heavy atom. The number of nitrogens with two attached hydrogens (primary N) is 1. The van der Waals surface area contributed by atoms with Crippen LogP contribution >= 0.6 is 0 Å². The Balaban J connectivity index is 2.13. The second-order valence-electron chi connectivity index (χ2n) is 6.14. The molecule has 3 heteroatoms. The van der Waals surface area contributed by atoms with E-state index in [9.17, 15) is 4.79 Å². The molecular formula is C15H22N2O. The van der Waals surface area contributed by atoms with Gasteiger partial charge in [-0.25, -0.2) is 0 Å². The number of amides is 1. The van der Waals surface area contributed by atoms with Gasteiger partial charge in [-0.05, 0) is 5.56 Å². The fraction of sp³-hybridized carbons (Fsp3) is 0.533. The van der Waals surface area contributed by atoms with Gasteiger partial charge in [0.1, 0.15) is 0 Å². The molecule has 2 rings (SSSR count). The van der Waals surface area contributed by atoms with Gasteiger partial charge < -0.3 is 10.6 Å². The Bertz CT molecular complexity index is 422. The van der Waals surface area contributed by atoms with Crippen molar-refractivity contribution in [2.75, 3.05) is 13.1 Å². The van der Waals surface area contributed by atoms with Crippen LogP contribution in [-0.2, 0) is 4.79 Å². The first-order valence-corrected chi connectivity index (χ1v) is 6.49. The van der Waals surface area contributed by atoms with E-state index in [2.05, 4.69) is 12.1 Å². The van der Waals surface area contributed by atoms with Crippen molar-refractivity contribution in [1.29, 1.82) is 0 Å². The second-order valence-corrected chi connectivity index (χ2v) is 6.14. The molecule has 1 aliphatic heterocycles. The molecule has 1 heterocycles. The van der Waals surface area contributed by atoms with Gasteiger partial charge in [-0.1, -0.05) is 51.1 Å². The number of carbonyl (C=O) groups excluding carboxylic acids is 1. The zero-order valence-electron chi connectivity index (χ0n) is 11.4. The first kappa shape index (κ1) is 13.1. The normalized spacial score (nSPS) is 24.3. The fourth-order valence-electron chi connectivity index (χ4n) is 2.52. The molecule has 0 aromatic heterocycles. The van der Waals surface area contributed by atoms with Gasteiger partial charge in [-0.3, -0.25) is 4.79 Å². The van der Waals surface area contributed by atoms with E-state index in [1.54, 1.807) is 0 Å². The van der Waals surface area contributed by atoms with Gasteiger partial charge in [0.2, 0.25) is 5.91 Å². The first-order chi connectivity index (χ1) is 8.39. The van der Waals surface area contributed by atoms with Crippen molar-refractivity contribution in [2.45, 2.75) is 32.7 Å². The summed E-state index contributed by atoms with van der Waals surface area (Å²) in [5.74, 6) is 0.453. The molecule has 1 saturated heterocycles. The van der Waals surface area contributed by atoms with Crippen LogP contribution in [0.1, 0.15) is 32.3 Å². The van der Waals surface area contributed by atoms with Crippen molar-refractivity contribution in [3.8, 4) is 0 Å². The quantitative estimate of drug-likeness (QED) is 0.823. The van der Waals surface area contributed by atoms with E-state index in [0.29, 0.717) is 6.54 Å². The molecule has 0 spiro atoms. The number of hydrogen-bond acceptors (Lipinski definition) is 2. The maximum Gasteiger partial charge on any atom is 0.228 e. The molecule has 3 nitrogen and oxygen atoms in total. The van der Waals surface area contributed by atoms with E-state index in [1.807, 2.05) is 43.9 Å². The van der Waals surface area contributed by atoms with Crippen molar-refractivity contribution in [1.82, 2.24) is 4.90 Å². The monoisotopic (exact) mass is 246 g/mol. The zero-order valence-corrected chi connectivity index (χ0v) is 11.4. The highest BCUT2D eigenvalue weighted by Crippen LogP contribution is 2.29. The number of hydrogen-bond donors (Lipinski definition) is 1. The second kappa shape index (κ2) is 4.73. The van der Waals surface area contributed by atoms with E-state index in [1.165, 1.54) is 5.56 Å². The summed E-state index contributed by atoms with van der Waals surface area (Å²) in [5.41, 5.74) is 7.09. The predicted octanol–water partition coefficient (Wildman–Crippen LogP) is 1.99. The number of rotatable bonds is 1. The van der Waals surface area contributed by atoms with Crippen molar-refractivity contribution >= 4 is 5.91 Å². The molecule has 1 aromatic carbocycles. The van der Waals surface area contributed by atoms with Crippen LogP contribution in [-0.4, -0.2) is 29.9 Å². The lowest BCUT2D eigenvalue weighted by molar-refractivity contribution is -0.138. The lowest BCUT2D eigenvalue weighted by Gasteiger charge is -2.25. The van der Waals surface area contributed by atoms with Crippen LogP contribution in [0.4, 0.5) is 0 Å². The minimum Gasteiger partial charge on any atom is -0.340 e. The number of carbonyl (C=O) groups is 1. The molecule has 18 heavy (non-hydrogen) atoms. The van der Waals surface area contributed by atoms with Crippen LogP contribution in [0, 0.1) is 5.41 Å². The Morgan fingerprint density at radius 1 is 1.22 bits per heavy atom. The lowest BCUT2D eigenvalue weighted by atomic mass is 9.94. The SMILES string of the molecule is CC(C)(C)C(=O)N1C[C@@H](N)[C@H](c2ccccc2)C1. The summed E-state index contributed by atoms with van der Waals surface area (Å²) in [6, 6.07) is 10.3. The molecule has 1 amide bonds. The molecule has 0 radical (unpaired) electrons. The largest absolute Gasteiger partial charge is 0.340 e. The molecule has 0 unspecified atom stereocenters. The molecule has 0 bridgehead atoms. The van der Waals surface area contributed by atoms with Crippen LogP contribution < -0.4 is 5.73 Å². The summed E-state index contributed by atoms with van der Waals surface area (Å²) in [6.45, 7) is 7.26. The van der Waals surface area contributed by atoms with Crippen molar-refractivity contribution < 1.29 is 4.79 Å². The molecule has 98 valence electrons. The fourth-order valence-corrected chi connectivity index (χ4v) is 2.52. The molecule has 1 fully saturated rings. The van der Waals surface area contributed by atoms with E-state index >= 15 is 0 Å². The van der Waals surface area contributed by atoms with Crippen molar-refractivity contribution in [2.24, 2.45) is 11.1 Å². The number of nitrogens with zero attached hydrogens (tertiary/aromatic N) is 1. The summed E-state index contributed by atoms with van der Waals surface area (Å²) in [4.78, 5) is 14.2. The van der Waals surface area contributed by atoms with E-state index in [0.717, 1.165) is 6.54 Å². The average molecular weight is 246 g/mol. The number of likely N-dealkylation sites (tertiary alicyclic amines) is 1. The Labute approximate surface area is 109 Å². The third-order valence-electron chi connectivity index (χ3n) is 3.52. The summed E-state index contributed by atoms with van der Waals surface area (Å²) in [7, 11) is 0. The topological polar surface area (TPSA) is 46.3 Å². The smallest absolute Gasteiger partial charge is 0.228 e. The van der Waals surface area contributed by atoms with E-state index in [-0.39, 0.29) is 23.3 Å². The van der Waals surface area contributed by atoms with Gasteiger partial charge in [0, 0.05) is 30.5 Å². The Kier molecular flexibility index (Phi) is 3.44. The first-order valence-electron chi connectivity index (χ1n) is 6.49.